The van der Waals surface area contributed by atoms with E-state index in [1.807, 2.05) is 0 Å². The number of thiophene rings is 1. The topological polar surface area (TPSA) is 116 Å². The van der Waals surface area contributed by atoms with Crippen LogP contribution in [0.1, 0.15) is 27.8 Å². The molecule has 1 N–H and O–H groups in total. The molecule has 0 saturated carbocycles. The lowest BCUT2D eigenvalue weighted by molar-refractivity contribution is -0.380. The van der Waals surface area contributed by atoms with E-state index in [2.05, 4.69) is 10.4 Å². The largest absolute Gasteiger partial charge is 0.462 e. The summed E-state index contributed by atoms with van der Waals surface area (Å²) in [6.07, 6.45) is 1.44. The van der Waals surface area contributed by atoms with Gasteiger partial charge >= 0.3 is 11.0 Å². The van der Waals surface area contributed by atoms with E-state index in [-0.39, 0.29) is 27.9 Å². The normalized spacial score (nSPS) is 10.3. The zero-order valence-corrected chi connectivity index (χ0v) is 12.5. The molecule has 2 rings (SSSR count). The van der Waals surface area contributed by atoms with Crippen LogP contribution >= 0.6 is 11.3 Å². The quantitative estimate of drug-likeness (QED) is 0.509. The molecule has 0 aliphatic heterocycles. The molecule has 10 heteroatoms. The van der Waals surface area contributed by atoms with Crippen molar-refractivity contribution in [3.8, 4) is 0 Å². The third-order valence-corrected chi connectivity index (χ3v) is 3.68. The van der Waals surface area contributed by atoms with E-state index < -0.39 is 16.8 Å². The van der Waals surface area contributed by atoms with Crippen molar-refractivity contribution in [2.75, 3.05) is 11.9 Å². The number of anilines is 1. The van der Waals surface area contributed by atoms with Crippen LogP contribution in [0.15, 0.2) is 18.3 Å². The Kier molecular flexibility index (Phi) is 4.51. The third kappa shape index (κ3) is 3.11. The van der Waals surface area contributed by atoms with Crippen molar-refractivity contribution in [3.05, 3.63) is 39.7 Å². The third-order valence-electron chi connectivity index (χ3n) is 2.67. The Morgan fingerprint density at radius 1 is 1.55 bits per heavy atom. The lowest BCUT2D eigenvalue weighted by Gasteiger charge is -2.05. The van der Waals surface area contributed by atoms with Gasteiger partial charge in [-0.3, -0.25) is 19.6 Å². The standard InChI is InChI=1S/C12H12N4O5S/c1-3-21-12(18)7-6-9(16(19)20)22-11(7)14-10(17)8-4-5-13-15(8)2/h4-6H,3H2,1-2H3,(H,14,17). The fourth-order valence-corrected chi connectivity index (χ4v) is 2.54. The van der Waals surface area contributed by atoms with Gasteiger partial charge in [-0.15, -0.1) is 0 Å². The number of carbonyl (C=O) groups is 2. The van der Waals surface area contributed by atoms with Crippen LogP contribution in [0.3, 0.4) is 0 Å². The summed E-state index contributed by atoms with van der Waals surface area (Å²) in [5.41, 5.74) is 0.208. The molecule has 2 heterocycles. The van der Waals surface area contributed by atoms with Gasteiger partial charge in [0.2, 0.25) is 0 Å². The van der Waals surface area contributed by atoms with Crippen molar-refractivity contribution in [1.29, 1.82) is 0 Å². The van der Waals surface area contributed by atoms with E-state index >= 15 is 0 Å². The number of hydrogen-bond acceptors (Lipinski definition) is 7. The molecule has 2 aromatic rings. The summed E-state index contributed by atoms with van der Waals surface area (Å²) in [7, 11) is 1.58. The van der Waals surface area contributed by atoms with Gasteiger partial charge in [-0.25, -0.2) is 4.79 Å². The lowest BCUT2D eigenvalue weighted by Crippen LogP contribution is -2.17. The SMILES string of the molecule is CCOC(=O)c1cc([N+](=O)[O-])sc1NC(=O)c1ccnn1C. The highest BCUT2D eigenvalue weighted by Crippen LogP contribution is 2.34. The van der Waals surface area contributed by atoms with Gasteiger partial charge in [0, 0.05) is 19.3 Å². The van der Waals surface area contributed by atoms with Gasteiger partial charge in [0.15, 0.2) is 0 Å². The molecular formula is C12H12N4O5S. The van der Waals surface area contributed by atoms with Crippen molar-refractivity contribution < 1.29 is 19.2 Å². The van der Waals surface area contributed by atoms with E-state index in [9.17, 15) is 19.7 Å². The molecule has 0 aliphatic carbocycles. The number of rotatable bonds is 5. The van der Waals surface area contributed by atoms with Gasteiger partial charge in [0.05, 0.1) is 11.5 Å². The first-order valence-electron chi connectivity index (χ1n) is 6.18. The molecule has 0 aliphatic rings. The maximum absolute atomic E-state index is 12.1. The van der Waals surface area contributed by atoms with E-state index in [1.54, 1.807) is 14.0 Å². The molecule has 116 valence electrons. The van der Waals surface area contributed by atoms with Gasteiger partial charge < -0.3 is 10.1 Å². The molecule has 0 fully saturated rings. The van der Waals surface area contributed by atoms with Crippen LogP contribution in [-0.2, 0) is 11.8 Å². The molecule has 9 nitrogen and oxygen atoms in total. The summed E-state index contributed by atoms with van der Waals surface area (Å²) >= 11 is 0.692. The Morgan fingerprint density at radius 2 is 2.27 bits per heavy atom. The smallest absolute Gasteiger partial charge is 0.341 e. The van der Waals surface area contributed by atoms with Crippen LogP contribution in [0.25, 0.3) is 0 Å². The van der Waals surface area contributed by atoms with Crippen molar-refractivity contribution in [1.82, 2.24) is 9.78 Å². The summed E-state index contributed by atoms with van der Waals surface area (Å²) < 4.78 is 6.18. The molecule has 0 radical (unpaired) electrons. The number of hydrogen-bond donors (Lipinski definition) is 1. The van der Waals surface area contributed by atoms with Crippen LogP contribution in [0.4, 0.5) is 10.0 Å². The van der Waals surface area contributed by atoms with E-state index in [0.717, 1.165) is 6.07 Å². The summed E-state index contributed by atoms with van der Waals surface area (Å²) in [6, 6.07) is 2.57. The monoisotopic (exact) mass is 324 g/mol. The molecule has 0 aromatic carbocycles. The number of amides is 1. The van der Waals surface area contributed by atoms with Gasteiger partial charge in [-0.05, 0) is 24.3 Å². The second kappa shape index (κ2) is 6.35. The Labute approximate surface area is 128 Å². The Bertz CT molecular complexity index is 736. The molecular weight excluding hydrogens is 312 g/mol. The number of nitrogens with zero attached hydrogens (tertiary/aromatic N) is 3. The first-order valence-corrected chi connectivity index (χ1v) is 7.00. The zero-order valence-electron chi connectivity index (χ0n) is 11.7. The highest BCUT2D eigenvalue weighted by molar-refractivity contribution is 7.19. The van der Waals surface area contributed by atoms with Crippen LogP contribution in [0, 0.1) is 10.1 Å². The molecule has 1 amide bonds. The number of carbonyl (C=O) groups excluding carboxylic acids is 2. The summed E-state index contributed by atoms with van der Waals surface area (Å²) in [6.45, 7) is 1.74. The average Bonchev–Trinajstić information content (AvgIpc) is 3.05. The fourth-order valence-electron chi connectivity index (χ4n) is 1.69. The van der Waals surface area contributed by atoms with Crippen molar-refractivity contribution in [2.24, 2.45) is 7.05 Å². The number of ether oxygens (including phenoxy) is 1. The van der Waals surface area contributed by atoms with Crippen LogP contribution in [0.5, 0.6) is 0 Å². The van der Waals surface area contributed by atoms with E-state index in [0.29, 0.717) is 11.3 Å². The molecule has 2 aromatic heterocycles. The second-order valence-corrected chi connectivity index (χ2v) is 5.13. The number of esters is 1. The summed E-state index contributed by atoms with van der Waals surface area (Å²) in [5.74, 6) is -1.26. The highest BCUT2D eigenvalue weighted by atomic mass is 32.1. The molecule has 0 unspecified atom stereocenters. The fraction of sp³-hybridized carbons (Fsp3) is 0.250. The van der Waals surface area contributed by atoms with Crippen LogP contribution in [0.2, 0.25) is 0 Å². The molecule has 0 spiro atoms. The minimum atomic E-state index is -0.729. The van der Waals surface area contributed by atoms with Gasteiger partial charge in [-0.1, -0.05) is 0 Å². The maximum atomic E-state index is 12.1. The minimum Gasteiger partial charge on any atom is -0.462 e. The summed E-state index contributed by atoms with van der Waals surface area (Å²) in [5, 5.41) is 17.0. The molecule has 0 atom stereocenters. The Hall–Kier alpha value is -2.75. The molecule has 0 bridgehead atoms. The van der Waals surface area contributed by atoms with Crippen molar-refractivity contribution in [3.63, 3.8) is 0 Å². The number of aromatic nitrogens is 2. The molecule has 0 saturated heterocycles. The Balaban J connectivity index is 2.33. The maximum Gasteiger partial charge on any atom is 0.341 e. The zero-order chi connectivity index (χ0) is 16.3. The first-order chi connectivity index (χ1) is 10.4. The van der Waals surface area contributed by atoms with Crippen LogP contribution in [-0.4, -0.2) is 33.2 Å². The summed E-state index contributed by atoms with van der Waals surface area (Å²) in [4.78, 5) is 34.2. The Morgan fingerprint density at radius 3 is 2.82 bits per heavy atom. The molecule has 22 heavy (non-hydrogen) atoms. The van der Waals surface area contributed by atoms with Gasteiger partial charge in [0.1, 0.15) is 16.3 Å². The van der Waals surface area contributed by atoms with Crippen molar-refractivity contribution in [2.45, 2.75) is 6.92 Å². The van der Waals surface area contributed by atoms with Crippen molar-refractivity contribution >= 4 is 33.2 Å². The average molecular weight is 324 g/mol. The lowest BCUT2D eigenvalue weighted by atomic mass is 10.3. The number of aryl methyl sites for hydroxylation is 1. The number of nitrogens with one attached hydrogen (secondary N) is 1. The predicted octanol–water partition coefficient (Wildman–Crippen LogP) is 1.82. The van der Waals surface area contributed by atoms with Crippen LogP contribution < -0.4 is 5.32 Å². The first kappa shape index (κ1) is 15.6. The predicted molar refractivity (Wildman–Crippen MR) is 78.1 cm³/mol. The van der Waals surface area contributed by atoms with E-state index in [4.69, 9.17) is 4.74 Å². The van der Waals surface area contributed by atoms with Gasteiger partial charge in [0.25, 0.3) is 5.91 Å². The van der Waals surface area contributed by atoms with Gasteiger partial charge in [-0.2, -0.15) is 5.10 Å². The number of nitro groups is 1. The van der Waals surface area contributed by atoms with E-state index in [1.165, 1.54) is 16.9 Å². The minimum absolute atomic E-state index is 0.0472. The second-order valence-electron chi connectivity index (χ2n) is 4.10. The highest BCUT2D eigenvalue weighted by Gasteiger charge is 2.24.